The highest BCUT2D eigenvalue weighted by Gasteiger charge is 2.32. The summed E-state index contributed by atoms with van der Waals surface area (Å²) in [6, 6.07) is 0.358. The van der Waals surface area contributed by atoms with Crippen LogP contribution in [-0.4, -0.2) is 37.3 Å². The highest BCUT2D eigenvalue weighted by Crippen LogP contribution is 2.44. The molecule has 0 unspecified atom stereocenters. The van der Waals surface area contributed by atoms with E-state index in [0.29, 0.717) is 17.7 Å². The summed E-state index contributed by atoms with van der Waals surface area (Å²) in [6.45, 7) is 2.34. The second-order valence-corrected chi connectivity index (χ2v) is 11.3. The molecule has 1 N–H and O–H groups in total. The Hall–Kier alpha value is -1.67. The molecule has 3 heterocycles. The normalized spacial score (nSPS) is 22.1. The molecule has 158 valence electrons. The van der Waals surface area contributed by atoms with Crippen LogP contribution in [0.4, 0.5) is 0 Å². The Kier molecular flexibility index (Phi) is 4.75. The summed E-state index contributed by atoms with van der Waals surface area (Å²) in [4.78, 5) is 20.2. The van der Waals surface area contributed by atoms with Crippen molar-refractivity contribution >= 4 is 44.9 Å². The first-order valence-electron chi connectivity index (χ1n) is 11.3. The van der Waals surface area contributed by atoms with Crippen molar-refractivity contribution in [2.75, 3.05) is 5.75 Å². The van der Waals surface area contributed by atoms with Gasteiger partial charge in [-0.2, -0.15) is 0 Å². The summed E-state index contributed by atoms with van der Waals surface area (Å²) in [7, 11) is 0. The summed E-state index contributed by atoms with van der Waals surface area (Å²) < 4.78 is 2.17. The van der Waals surface area contributed by atoms with Crippen molar-refractivity contribution in [3.63, 3.8) is 0 Å². The number of hydrogen-bond donors (Lipinski definition) is 1. The molecule has 3 aliphatic carbocycles. The van der Waals surface area contributed by atoms with Gasteiger partial charge in [0, 0.05) is 16.8 Å². The number of fused-ring (bicyclic) bond motifs is 5. The summed E-state index contributed by atoms with van der Waals surface area (Å²) in [5, 5.41) is 14.3. The zero-order chi connectivity index (χ0) is 20.2. The van der Waals surface area contributed by atoms with Crippen molar-refractivity contribution in [3.05, 3.63) is 16.3 Å². The molecule has 0 spiro atoms. The van der Waals surface area contributed by atoms with E-state index < -0.39 is 0 Å². The van der Waals surface area contributed by atoms with E-state index in [9.17, 15) is 4.79 Å². The molecule has 1 amide bonds. The van der Waals surface area contributed by atoms with Gasteiger partial charge in [-0.3, -0.25) is 9.20 Å². The van der Waals surface area contributed by atoms with Crippen LogP contribution in [0.1, 0.15) is 74.1 Å². The van der Waals surface area contributed by atoms with Crippen LogP contribution in [0.25, 0.3) is 15.9 Å². The lowest BCUT2D eigenvalue weighted by molar-refractivity contribution is -0.119. The molecule has 2 fully saturated rings. The molecule has 1 atom stereocenters. The molecule has 6 rings (SSSR count). The fourth-order valence-corrected chi connectivity index (χ4v) is 7.15. The summed E-state index contributed by atoms with van der Waals surface area (Å²) in [5.74, 6) is 2.82. The Balaban J connectivity index is 1.36. The minimum Gasteiger partial charge on any atom is -0.353 e. The van der Waals surface area contributed by atoms with Gasteiger partial charge in [0.1, 0.15) is 10.7 Å². The Bertz CT molecular complexity index is 1130. The molecule has 0 bridgehead atoms. The average Bonchev–Trinajstić information content (AvgIpc) is 3.12. The van der Waals surface area contributed by atoms with Gasteiger partial charge in [0.05, 0.1) is 11.1 Å². The Morgan fingerprint density at radius 2 is 2.03 bits per heavy atom. The standard InChI is InChI=1S/C22H27N5OS2/c1-12-6-9-15-16(10-12)30-21-18(15)20-25-26-22(27(20)19(24-21)13-7-8-13)29-11-17(28)23-14-4-2-3-5-14/h12-14H,2-11H2,1H3,(H,23,28)/t12-/m1/s1. The Morgan fingerprint density at radius 3 is 2.83 bits per heavy atom. The molecule has 8 heteroatoms. The monoisotopic (exact) mass is 441 g/mol. The molecule has 6 nitrogen and oxygen atoms in total. The van der Waals surface area contributed by atoms with Crippen LogP contribution < -0.4 is 5.32 Å². The second-order valence-electron chi connectivity index (χ2n) is 9.26. The maximum Gasteiger partial charge on any atom is 0.230 e. The third-order valence-corrected chi connectivity index (χ3v) is 8.87. The van der Waals surface area contributed by atoms with Gasteiger partial charge in [0.2, 0.25) is 5.91 Å². The maximum atomic E-state index is 12.5. The molecule has 3 aromatic heterocycles. The number of carbonyl (C=O) groups is 1. The molecule has 3 aromatic rings. The van der Waals surface area contributed by atoms with E-state index >= 15 is 0 Å². The largest absolute Gasteiger partial charge is 0.353 e. The molecule has 30 heavy (non-hydrogen) atoms. The summed E-state index contributed by atoms with van der Waals surface area (Å²) in [6.07, 6.45) is 10.5. The van der Waals surface area contributed by atoms with Crippen LogP contribution in [0.3, 0.4) is 0 Å². The van der Waals surface area contributed by atoms with Gasteiger partial charge < -0.3 is 5.32 Å². The third kappa shape index (κ3) is 3.32. The van der Waals surface area contributed by atoms with Crippen molar-refractivity contribution < 1.29 is 4.79 Å². The van der Waals surface area contributed by atoms with E-state index in [0.717, 1.165) is 53.1 Å². The average molecular weight is 442 g/mol. The lowest BCUT2D eigenvalue weighted by Gasteiger charge is -2.17. The van der Waals surface area contributed by atoms with Gasteiger partial charge >= 0.3 is 0 Å². The van der Waals surface area contributed by atoms with Gasteiger partial charge in [-0.1, -0.05) is 31.5 Å². The van der Waals surface area contributed by atoms with Crippen LogP contribution >= 0.6 is 23.1 Å². The first-order chi connectivity index (χ1) is 14.7. The highest BCUT2D eigenvalue weighted by atomic mass is 32.2. The molecular weight excluding hydrogens is 414 g/mol. The number of hydrogen-bond acceptors (Lipinski definition) is 6. The predicted molar refractivity (Wildman–Crippen MR) is 120 cm³/mol. The minimum atomic E-state index is 0.104. The minimum absolute atomic E-state index is 0.104. The van der Waals surface area contributed by atoms with Crippen molar-refractivity contribution in [1.29, 1.82) is 0 Å². The molecule has 0 radical (unpaired) electrons. The van der Waals surface area contributed by atoms with E-state index in [4.69, 9.17) is 4.98 Å². The number of rotatable bonds is 5. The number of amides is 1. The van der Waals surface area contributed by atoms with Gasteiger partial charge in [-0.15, -0.1) is 21.5 Å². The molecule has 3 aliphatic rings. The van der Waals surface area contributed by atoms with Gasteiger partial charge in [0.25, 0.3) is 0 Å². The van der Waals surface area contributed by atoms with Crippen molar-refractivity contribution in [2.45, 2.75) is 81.8 Å². The van der Waals surface area contributed by atoms with E-state index in [1.165, 1.54) is 59.7 Å². The zero-order valence-electron chi connectivity index (χ0n) is 17.3. The number of thiophene rings is 1. The van der Waals surface area contributed by atoms with Crippen LogP contribution in [0.15, 0.2) is 5.16 Å². The predicted octanol–water partition coefficient (Wildman–Crippen LogP) is 4.49. The summed E-state index contributed by atoms with van der Waals surface area (Å²) >= 11 is 3.36. The number of carbonyl (C=O) groups excluding carboxylic acids is 1. The number of thioether (sulfide) groups is 1. The maximum absolute atomic E-state index is 12.5. The van der Waals surface area contributed by atoms with E-state index in [1.54, 1.807) is 0 Å². The molecule has 0 saturated heterocycles. The first-order valence-corrected chi connectivity index (χ1v) is 13.1. The number of nitrogens with one attached hydrogen (secondary N) is 1. The fraction of sp³-hybridized carbons (Fsp3) is 0.636. The quantitative estimate of drug-likeness (QED) is 0.591. The van der Waals surface area contributed by atoms with Crippen molar-refractivity contribution in [3.8, 4) is 0 Å². The molecule has 0 aromatic carbocycles. The lowest BCUT2D eigenvalue weighted by atomic mass is 9.89. The van der Waals surface area contributed by atoms with E-state index in [2.05, 4.69) is 26.8 Å². The zero-order valence-corrected chi connectivity index (χ0v) is 18.9. The smallest absolute Gasteiger partial charge is 0.230 e. The Labute approximate surface area is 184 Å². The van der Waals surface area contributed by atoms with Gasteiger partial charge in [0.15, 0.2) is 10.8 Å². The van der Waals surface area contributed by atoms with Crippen LogP contribution in [-0.2, 0) is 17.6 Å². The molecular formula is C22H27N5OS2. The summed E-state index contributed by atoms with van der Waals surface area (Å²) in [5.41, 5.74) is 2.39. The van der Waals surface area contributed by atoms with Gasteiger partial charge in [-0.25, -0.2) is 4.98 Å². The third-order valence-electron chi connectivity index (χ3n) is 6.79. The second kappa shape index (κ2) is 7.48. The van der Waals surface area contributed by atoms with Crippen LogP contribution in [0.2, 0.25) is 0 Å². The topological polar surface area (TPSA) is 72.2 Å². The van der Waals surface area contributed by atoms with Gasteiger partial charge in [-0.05, 0) is 56.4 Å². The number of aromatic nitrogens is 4. The first kappa shape index (κ1) is 19.0. The molecule has 2 saturated carbocycles. The van der Waals surface area contributed by atoms with Crippen molar-refractivity contribution in [2.24, 2.45) is 5.92 Å². The number of aryl methyl sites for hydroxylation is 1. The van der Waals surface area contributed by atoms with Crippen LogP contribution in [0, 0.1) is 5.92 Å². The lowest BCUT2D eigenvalue weighted by Crippen LogP contribution is -2.33. The number of nitrogens with zero attached hydrogens (tertiary/aromatic N) is 4. The molecule has 0 aliphatic heterocycles. The van der Waals surface area contributed by atoms with Crippen LogP contribution in [0.5, 0.6) is 0 Å². The fourth-order valence-electron chi connectivity index (χ4n) is 5.02. The SMILES string of the molecule is C[C@@H]1CCc2c(sc3nc(C4CC4)n4c(SCC(=O)NC5CCCC5)nnc4c23)C1. The van der Waals surface area contributed by atoms with Crippen molar-refractivity contribution in [1.82, 2.24) is 24.9 Å². The van der Waals surface area contributed by atoms with E-state index in [-0.39, 0.29) is 5.91 Å². The van der Waals surface area contributed by atoms with E-state index in [1.807, 2.05) is 11.3 Å². The highest BCUT2D eigenvalue weighted by molar-refractivity contribution is 7.99. The Morgan fingerprint density at radius 1 is 1.20 bits per heavy atom.